The second-order valence-electron chi connectivity index (χ2n) is 18.9. The minimum absolute atomic E-state index is 0.0314. The van der Waals surface area contributed by atoms with Gasteiger partial charge >= 0.3 is 0 Å². The van der Waals surface area contributed by atoms with Crippen LogP contribution in [0, 0.1) is 18.3 Å². The number of nitrogens with one attached hydrogen (secondary N) is 3. The molecular weight excluding hydrogens is 817 g/mol. The van der Waals surface area contributed by atoms with Crippen LogP contribution in [0.15, 0.2) is 60.1 Å². The predicted octanol–water partition coefficient (Wildman–Crippen LogP) is 4.67. The van der Waals surface area contributed by atoms with Gasteiger partial charge in [0.2, 0.25) is 17.7 Å². The van der Waals surface area contributed by atoms with Gasteiger partial charge < -0.3 is 40.9 Å². The van der Waals surface area contributed by atoms with Crippen LogP contribution in [0.2, 0.25) is 0 Å². The number of aromatic hydroxyl groups is 1. The van der Waals surface area contributed by atoms with Crippen LogP contribution in [-0.2, 0) is 14.4 Å². The number of aliphatic hydroxyl groups excluding tert-OH is 1. The lowest BCUT2D eigenvalue weighted by atomic mass is 9.85. The number of rotatable bonds is 12. The maximum Gasteiger partial charge on any atom is 0.246 e. The number of phenolic OH excluding ortho intramolecular Hbond substituents is 1. The average molecular weight is 879 g/mol. The third-order valence-electron chi connectivity index (χ3n) is 13.3. The van der Waals surface area contributed by atoms with Gasteiger partial charge in [-0.15, -0.1) is 21.5 Å². The number of para-hydroxylation sites is 1. The van der Waals surface area contributed by atoms with Crippen LogP contribution in [0.25, 0.3) is 21.7 Å². The Morgan fingerprint density at radius 3 is 2.44 bits per heavy atom. The van der Waals surface area contributed by atoms with Crippen LogP contribution >= 0.6 is 11.3 Å². The lowest BCUT2D eigenvalue weighted by Crippen LogP contribution is -2.58. The van der Waals surface area contributed by atoms with Crippen molar-refractivity contribution in [3.63, 3.8) is 0 Å². The Morgan fingerprint density at radius 2 is 1.73 bits per heavy atom. The van der Waals surface area contributed by atoms with E-state index >= 15 is 0 Å². The Morgan fingerprint density at radius 1 is 0.968 bits per heavy atom. The van der Waals surface area contributed by atoms with Crippen molar-refractivity contribution in [3.05, 3.63) is 71.4 Å². The van der Waals surface area contributed by atoms with E-state index in [1.54, 1.807) is 23.5 Å². The van der Waals surface area contributed by atoms with E-state index in [4.69, 9.17) is 0 Å². The summed E-state index contributed by atoms with van der Waals surface area (Å²) in [5, 5.41) is 39.5. The fourth-order valence-electron chi connectivity index (χ4n) is 9.61. The van der Waals surface area contributed by atoms with Crippen molar-refractivity contribution in [2.75, 3.05) is 69.1 Å². The Balaban J connectivity index is 0.791. The average Bonchev–Trinajstić information content (AvgIpc) is 3.89. The molecule has 336 valence electrons. The molecule has 2 aromatic carbocycles. The molecule has 3 fully saturated rings. The standard InChI is InChI=1S/C47H62N10O5S/c1-29(32-10-12-33(13-11-32)42-30(2)49-28-63-42)50-45(61)39-22-35(58)27-57(39)46(62)43(47(3,4)5)51-41(60)16-19-54-17-14-31(15-18-54)25-55-20-21-56-34(26-55)24-48-44-38(56)23-37(52-53-44)36-8-6-7-9-40(36)59/h6-13,23,28-29,31,34-35,39,43,58-59H,14-22,24-27H2,1-5H3,(H,48,53)(H,50,61)(H,51,60)/t29?,34-,35+,39-,43?/m0/s1. The van der Waals surface area contributed by atoms with Crippen molar-refractivity contribution in [1.82, 2.24) is 40.5 Å². The summed E-state index contributed by atoms with van der Waals surface area (Å²) in [6, 6.07) is 15.6. The number of likely N-dealkylation sites (tertiary alicyclic amines) is 2. The second kappa shape index (κ2) is 18.9. The molecule has 5 N–H and O–H groups in total. The first-order valence-electron chi connectivity index (χ1n) is 22.4. The van der Waals surface area contributed by atoms with Crippen molar-refractivity contribution >= 4 is 40.6 Å². The number of phenols is 1. The Labute approximate surface area is 374 Å². The van der Waals surface area contributed by atoms with Gasteiger partial charge in [-0.2, -0.15) is 0 Å². The molecule has 0 spiro atoms. The number of aromatic nitrogens is 3. The molecule has 3 amide bonds. The van der Waals surface area contributed by atoms with Crippen molar-refractivity contribution in [2.45, 2.75) is 90.6 Å². The zero-order valence-electron chi connectivity index (χ0n) is 37.1. The molecule has 0 saturated carbocycles. The van der Waals surface area contributed by atoms with Gasteiger partial charge in [0, 0.05) is 64.2 Å². The number of thiazole rings is 1. The number of nitrogens with zero attached hydrogens (tertiary/aromatic N) is 7. The van der Waals surface area contributed by atoms with Crippen molar-refractivity contribution < 1.29 is 24.6 Å². The topological polar surface area (TPSA) is 179 Å². The van der Waals surface area contributed by atoms with Crippen molar-refractivity contribution in [3.8, 4) is 27.4 Å². The summed E-state index contributed by atoms with van der Waals surface area (Å²) in [5.74, 6) is 0.673. The molecule has 3 saturated heterocycles. The highest BCUT2D eigenvalue weighted by Crippen LogP contribution is 2.37. The lowest BCUT2D eigenvalue weighted by Gasteiger charge is -2.47. The summed E-state index contributed by atoms with van der Waals surface area (Å²) in [7, 11) is 0. The van der Waals surface area contributed by atoms with Gasteiger partial charge in [-0.3, -0.25) is 19.3 Å². The van der Waals surface area contributed by atoms with E-state index in [2.05, 4.69) is 45.8 Å². The summed E-state index contributed by atoms with van der Waals surface area (Å²) in [6.07, 6.45) is 1.69. The van der Waals surface area contributed by atoms with Gasteiger partial charge in [-0.1, -0.05) is 57.2 Å². The molecule has 4 aromatic rings. The number of fused-ring (bicyclic) bond motifs is 3. The second-order valence-corrected chi connectivity index (χ2v) is 19.7. The molecular formula is C47H62N10O5S. The van der Waals surface area contributed by atoms with Crippen molar-refractivity contribution in [2.24, 2.45) is 11.3 Å². The number of piperidine rings is 1. The van der Waals surface area contributed by atoms with Gasteiger partial charge in [0.15, 0.2) is 5.82 Å². The van der Waals surface area contributed by atoms with Gasteiger partial charge in [-0.25, -0.2) is 4.98 Å². The molecule has 4 aliphatic rings. The SMILES string of the molecule is Cc1ncsc1-c1ccc(C(C)NC(=O)[C@@H]2C[C@@H](O)CN2C(=O)C(NC(=O)CCN2CCC(CN3CCN4c5cc(-c6ccccc6O)nnc5NC[C@H]4C3)CC2)C(C)(C)C)cc1. The predicted molar refractivity (Wildman–Crippen MR) is 245 cm³/mol. The third kappa shape index (κ3) is 10.1. The summed E-state index contributed by atoms with van der Waals surface area (Å²) < 4.78 is 0. The van der Waals surface area contributed by atoms with E-state index in [9.17, 15) is 24.6 Å². The number of carbonyl (C=O) groups is 3. The van der Waals surface area contributed by atoms with Gasteiger partial charge in [0.25, 0.3) is 0 Å². The highest BCUT2D eigenvalue weighted by molar-refractivity contribution is 7.13. The molecule has 5 atom stereocenters. The Hall–Kier alpha value is -5.16. The molecule has 2 unspecified atom stereocenters. The highest BCUT2D eigenvalue weighted by Gasteiger charge is 2.45. The maximum atomic E-state index is 14.2. The van der Waals surface area contributed by atoms with E-state index in [1.807, 2.05) is 82.6 Å². The largest absolute Gasteiger partial charge is 0.507 e. The van der Waals surface area contributed by atoms with Crippen molar-refractivity contribution in [1.29, 1.82) is 0 Å². The van der Waals surface area contributed by atoms with E-state index in [1.165, 1.54) is 4.90 Å². The minimum Gasteiger partial charge on any atom is -0.507 e. The summed E-state index contributed by atoms with van der Waals surface area (Å²) in [6.45, 7) is 16.8. The molecule has 0 radical (unpaired) electrons. The smallest absolute Gasteiger partial charge is 0.246 e. The van der Waals surface area contributed by atoms with Gasteiger partial charge in [0.1, 0.15) is 17.8 Å². The highest BCUT2D eigenvalue weighted by atomic mass is 32.1. The third-order valence-corrected chi connectivity index (χ3v) is 14.3. The van der Waals surface area contributed by atoms with Gasteiger partial charge in [-0.05, 0) is 80.4 Å². The Kier molecular flexibility index (Phi) is 13.3. The number of hydrogen-bond acceptors (Lipinski definition) is 13. The molecule has 2 aromatic heterocycles. The zero-order chi connectivity index (χ0) is 44.4. The van der Waals surface area contributed by atoms with Gasteiger partial charge in [0.05, 0.1) is 45.7 Å². The normalized spacial score (nSPS) is 21.8. The van der Waals surface area contributed by atoms with E-state index in [0.29, 0.717) is 29.8 Å². The quantitative estimate of drug-likeness (QED) is 0.133. The first kappa shape index (κ1) is 44.4. The fraction of sp³-hybridized carbons (Fsp3) is 0.532. The number of amides is 3. The number of hydrogen-bond donors (Lipinski definition) is 5. The van der Waals surface area contributed by atoms with E-state index in [-0.39, 0.29) is 48.9 Å². The molecule has 0 bridgehead atoms. The van der Waals surface area contributed by atoms with Crippen LogP contribution in [0.4, 0.5) is 11.5 Å². The number of aliphatic hydroxyl groups is 1. The van der Waals surface area contributed by atoms with E-state index in [0.717, 1.165) is 91.9 Å². The number of aryl methyl sites for hydroxylation is 1. The number of carbonyl (C=O) groups excluding carboxylic acids is 3. The monoisotopic (exact) mass is 878 g/mol. The number of benzene rings is 2. The maximum absolute atomic E-state index is 14.2. The van der Waals surface area contributed by atoms with E-state index < -0.39 is 23.6 Å². The van der Waals surface area contributed by atoms with Crippen LogP contribution in [0.5, 0.6) is 5.75 Å². The first-order valence-corrected chi connectivity index (χ1v) is 23.3. The number of piperazine rings is 1. The van der Waals surface area contributed by atoms with Crippen LogP contribution in [-0.4, -0.2) is 141 Å². The minimum atomic E-state index is -0.864. The summed E-state index contributed by atoms with van der Waals surface area (Å²) in [5.41, 5.74) is 6.54. The van der Waals surface area contributed by atoms with Crippen LogP contribution in [0.3, 0.4) is 0 Å². The Bertz CT molecular complexity index is 2260. The number of β-amino-alcohol motifs (C(OH)–C–C–N with tert-alkyl or cyclic N) is 1. The lowest BCUT2D eigenvalue weighted by molar-refractivity contribution is -0.144. The van der Waals surface area contributed by atoms with Crippen LogP contribution in [0.1, 0.15) is 70.7 Å². The first-order chi connectivity index (χ1) is 30.2. The molecule has 0 aliphatic carbocycles. The molecule has 6 heterocycles. The summed E-state index contributed by atoms with van der Waals surface area (Å²) in [4.78, 5) is 55.7. The fourth-order valence-corrected chi connectivity index (χ4v) is 10.4. The molecule has 16 heteroatoms. The molecule has 63 heavy (non-hydrogen) atoms. The number of anilines is 2. The molecule has 4 aliphatic heterocycles. The van der Waals surface area contributed by atoms with Crippen LogP contribution < -0.4 is 20.9 Å². The molecule has 8 rings (SSSR count). The zero-order valence-corrected chi connectivity index (χ0v) is 37.9. The molecule has 15 nitrogen and oxygen atoms in total. The summed E-state index contributed by atoms with van der Waals surface area (Å²) >= 11 is 1.59.